The van der Waals surface area contributed by atoms with Crippen LogP contribution < -0.4 is 0 Å². The molecule has 1 saturated heterocycles. The van der Waals surface area contributed by atoms with E-state index < -0.39 is 6.10 Å². The molecule has 1 amide bonds. The SMILES string of the molecule is N#CC1CN(C(=O)c2cc(O)c3sccc3c2)CCO1. The van der Waals surface area contributed by atoms with Crippen molar-refractivity contribution in [2.24, 2.45) is 0 Å². The highest BCUT2D eigenvalue weighted by molar-refractivity contribution is 7.17. The monoisotopic (exact) mass is 288 g/mol. The van der Waals surface area contributed by atoms with Crippen LogP contribution >= 0.6 is 11.3 Å². The maximum atomic E-state index is 12.4. The number of benzene rings is 1. The first-order valence-corrected chi connectivity index (χ1v) is 7.07. The molecule has 102 valence electrons. The molecule has 1 unspecified atom stereocenters. The summed E-state index contributed by atoms with van der Waals surface area (Å²) in [4.78, 5) is 14.0. The molecule has 3 rings (SSSR count). The van der Waals surface area contributed by atoms with Gasteiger partial charge in [-0.2, -0.15) is 5.26 Å². The van der Waals surface area contributed by atoms with Crippen LogP contribution in [-0.4, -0.2) is 41.7 Å². The van der Waals surface area contributed by atoms with Gasteiger partial charge in [-0.25, -0.2) is 0 Å². The van der Waals surface area contributed by atoms with Gasteiger partial charge < -0.3 is 14.7 Å². The smallest absolute Gasteiger partial charge is 0.254 e. The molecule has 1 fully saturated rings. The van der Waals surface area contributed by atoms with Crippen molar-refractivity contribution in [3.63, 3.8) is 0 Å². The third-order valence-corrected chi connectivity index (χ3v) is 4.23. The fourth-order valence-electron chi connectivity index (χ4n) is 2.28. The van der Waals surface area contributed by atoms with Gasteiger partial charge in [0.05, 0.1) is 23.9 Å². The second kappa shape index (κ2) is 5.12. The number of hydrogen-bond donors (Lipinski definition) is 1. The van der Waals surface area contributed by atoms with Crippen molar-refractivity contribution in [3.8, 4) is 11.8 Å². The molecule has 1 atom stereocenters. The number of nitriles is 1. The van der Waals surface area contributed by atoms with Crippen LogP contribution in [0.25, 0.3) is 10.1 Å². The average molecular weight is 288 g/mol. The van der Waals surface area contributed by atoms with Crippen molar-refractivity contribution in [1.29, 1.82) is 5.26 Å². The number of thiophene rings is 1. The van der Waals surface area contributed by atoms with E-state index in [-0.39, 0.29) is 18.2 Å². The molecular weight excluding hydrogens is 276 g/mol. The van der Waals surface area contributed by atoms with E-state index in [1.165, 1.54) is 17.4 Å². The van der Waals surface area contributed by atoms with Gasteiger partial charge in [0.25, 0.3) is 5.91 Å². The predicted molar refractivity (Wildman–Crippen MR) is 74.7 cm³/mol. The van der Waals surface area contributed by atoms with E-state index in [2.05, 4.69) is 0 Å². The van der Waals surface area contributed by atoms with E-state index in [1.807, 2.05) is 17.5 Å². The zero-order valence-corrected chi connectivity index (χ0v) is 11.4. The van der Waals surface area contributed by atoms with Gasteiger partial charge in [-0.3, -0.25) is 4.79 Å². The lowest BCUT2D eigenvalue weighted by molar-refractivity contribution is 0.00346. The van der Waals surface area contributed by atoms with Gasteiger partial charge in [-0.05, 0) is 29.0 Å². The maximum absolute atomic E-state index is 12.4. The topological polar surface area (TPSA) is 73.6 Å². The number of carbonyl (C=O) groups excluding carboxylic acids is 1. The summed E-state index contributed by atoms with van der Waals surface area (Å²) in [6.07, 6.45) is -0.578. The number of morpholine rings is 1. The number of hydrogen-bond acceptors (Lipinski definition) is 5. The molecule has 0 bridgehead atoms. The quantitative estimate of drug-likeness (QED) is 0.870. The van der Waals surface area contributed by atoms with E-state index in [1.54, 1.807) is 11.0 Å². The molecule has 1 aliphatic rings. The molecular formula is C14H12N2O3S. The molecule has 6 heteroatoms. The average Bonchev–Trinajstić information content (AvgIpc) is 2.95. The highest BCUT2D eigenvalue weighted by Crippen LogP contribution is 2.31. The van der Waals surface area contributed by atoms with Crippen LogP contribution in [0.5, 0.6) is 5.75 Å². The number of phenols is 1. The Hall–Kier alpha value is -2.10. The van der Waals surface area contributed by atoms with Crippen LogP contribution in [0.15, 0.2) is 23.6 Å². The first kappa shape index (κ1) is 12.9. The lowest BCUT2D eigenvalue weighted by atomic mass is 10.1. The van der Waals surface area contributed by atoms with Crippen LogP contribution in [0.3, 0.4) is 0 Å². The molecule has 5 nitrogen and oxygen atoms in total. The molecule has 20 heavy (non-hydrogen) atoms. The lowest BCUT2D eigenvalue weighted by Crippen LogP contribution is -2.45. The second-order valence-corrected chi connectivity index (χ2v) is 5.49. The minimum absolute atomic E-state index is 0.117. The van der Waals surface area contributed by atoms with Crippen molar-refractivity contribution in [3.05, 3.63) is 29.1 Å². The summed E-state index contributed by atoms with van der Waals surface area (Å²) in [6.45, 7) is 1.08. The van der Waals surface area contributed by atoms with Gasteiger partial charge >= 0.3 is 0 Å². The van der Waals surface area contributed by atoms with Crippen LogP contribution in [0.1, 0.15) is 10.4 Å². The molecule has 2 heterocycles. The Balaban J connectivity index is 1.90. The molecule has 0 radical (unpaired) electrons. The van der Waals surface area contributed by atoms with Crippen molar-refractivity contribution >= 4 is 27.3 Å². The molecule has 0 aliphatic carbocycles. The summed E-state index contributed by atoms with van der Waals surface area (Å²) in [5.74, 6) is -0.0668. The lowest BCUT2D eigenvalue weighted by Gasteiger charge is -2.29. The molecule has 1 aromatic heterocycles. The highest BCUT2D eigenvalue weighted by atomic mass is 32.1. The van der Waals surface area contributed by atoms with Crippen LogP contribution in [0.4, 0.5) is 0 Å². The Morgan fingerprint density at radius 1 is 1.55 bits per heavy atom. The zero-order valence-electron chi connectivity index (χ0n) is 10.6. The molecule has 2 aromatic rings. The minimum atomic E-state index is -0.578. The predicted octanol–water partition coefficient (Wildman–Crippen LogP) is 1.97. The van der Waals surface area contributed by atoms with E-state index >= 15 is 0 Å². The van der Waals surface area contributed by atoms with Crippen molar-refractivity contribution in [2.75, 3.05) is 19.7 Å². The Kier molecular flexibility index (Phi) is 3.30. The number of rotatable bonds is 1. The third kappa shape index (κ3) is 2.22. The maximum Gasteiger partial charge on any atom is 0.254 e. The first-order valence-electron chi connectivity index (χ1n) is 6.20. The molecule has 1 aliphatic heterocycles. The summed E-state index contributed by atoms with van der Waals surface area (Å²) in [7, 11) is 0. The third-order valence-electron chi connectivity index (χ3n) is 3.28. The fraction of sp³-hybridized carbons (Fsp3) is 0.286. The van der Waals surface area contributed by atoms with Crippen molar-refractivity contribution < 1.29 is 14.6 Å². The molecule has 0 spiro atoms. The fourth-order valence-corrected chi connectivity index (χ4v) is 3.07. The number of aromatic hydroxyl groups is 1. The summed E-state index contributed by atoms with van der Waals surface area (Å²) in [5, 5.41) is 21.5. The Morgan fingerprint density at radius 3 is 3.20 bits per heavy atom. The van der Waals surface area contributed by atoms with Gasteiger partial charge in [0.2, 0.25) is 0 Å². The number of phenolic OH excluding ortho intramolecular Hbond substituents is 1. The van der Waals surface area contributed by atoms with E-state index in [0.717, 1.165) is 10.1 Å². The number of amides is 1. The molecule has 0 saturated carbocycles. The van der Waals surface area contributed by atoms with E-state index in [0.29, 0.717) is 18.7 Å². The summed E-state index contributed by atoms with van der Waals surface area (Å²) < 4.78 is 6.00. The van der Waals surface area contributed by atoms with Gasteiger partial charge in [-0.15, -0.1) is 11.3 Å². The van der Waals surface area contributed by atoms with E-state index in [4.69, 9.17) is 10.00 Å². The normalized spacial score (nSPS) is 18.9. The highest BCUT2D eigenvalue weighted by Gasteiger charge is 2.25. The Labute approximate surface area is 119 Å². The van der Waals surface area contributed by atoms with Gasteiger partial charge in [-0.1, -0.05) is 0 Å². The first-order chi connectivity index (χ1) is 9.69. The summed E-state index contributed by atoms with van der Waals surface area (Å²) in [6, 6.07) is 7.13. The van der Waals surface area contributed by atoms with Gasteiger partial charge in [0, 0.05) is 12.1 Å². The Morgan fingerprint density at radius 2 is 2.40 bits per heavy atom. The van der Waals surface area contributed by atoms with Gasteiger partial charge in [0.1, 0.15) is 5.75 Å². The molecule has 1 aromatic carbocycles. The number of carbonyl (C=O) groups is 1. The number of fused-ring (bicyclic) bond motifs is 1. The van der Waals surface area contributed by atoms with Crippen LogP contribution in [-0.2, 0) is 4.74 Å². The Bertz CT molecular complexity index is 704. The zero-order chi connectivity index (χ0) is 14.1. The summed E-state index contributed by atoms with van der Waals surface area (Å²) >= 11 is 1.44. The second-order valence-electron chi connectivity index (χ2n) is 4.57. The number of ether oxygens (including phenoxy) is 1. The van der Waals surface area contributed by atoms with Crippen molar-refractivity contribution in [1.82, 2.24) is 4.90 Å². The van der Waals surface area contributed by atoms with Crippen LogP contribution in [0.2, 0.25) is 0 Å². The standard InChI is InChI=1S/C14H12N2O3S/c15-7-11-8-16(2-3-19-11)14(18)10-5-9-1-4-20-13(9)12(17)6-10/h1,4-6,11,17H,2-3,8H2. The minimum Gasteiger partial charge on any atom is -0.506 e. The van der Waals surface area contributed by atoms with E-state index in [9.17, 15) is 9.90 Å². The molecule has 1 N–H and O–H groups in total. The summed E-state index contributed by atoms with van der Waals surface area (Å²) in [5.41, 5.74) is 0.437. The largest absolute Gasteiger partial charge is 0.506 e. The van der Waals surface area contributed by atoms with Crippen molar-refractivity contribution in [2.45, 2.75) is 6.10 Å². The number of nitrogens with zero attached hydrogens (tertiary/aromatic N) is 2. The van der Waals surface area contributed by atoms with Gasteiger partial charge in [0.15, 0.2) is 6.10 Å². The van der Waals surface area contributed by atoms with Crippen LogP contribution in [0, 0.1) is 11.3 Å².